The topological polar surface area (TPSA) is 46.3 Å². The third-order valence-corrected chi connectivity index (χ3v) is 2.36. The summed E-state index contributed by atoms with van der Waals surface area (Å²) in [5.41, 5.74) is 5.83. The summed E-state index contributed by atoms with van der Waals surface area (Å²) in [6, 6.07) is 4.76. The highest BCUT2D eigenvalue weighted by molar-refractivity contribution is 6.35. The number of likely N-dealkylation sites (N-methyl/N-ethyl adjacent to an activating group) is 1. The maximum Gasteiger partial charge on any atom is 0.253 e. The molecule has 0 aliphatic rings. The molecule has 0 bridgehead atoms. The lowest BCUT2D eigenvalue weighted by Gasteiger charge is -2.16. The zero-order valence-electron chi connectivity index (χ0n) is 8.34. The van der Waals surface area contributed by atoms with E-state index >= 15 is 0 Å². The van der Waals surface area contributed by atoms with Crippen LogP contribution in [0.4, 0.5) is 0 Å². The molecule has 0 radical (unpaired) electrons. The molecule has 1 rings (SSSR count). The minimum atomic E-state index is -0.134. The first-order valence-electron chi connectivity index (χ1n) is 4.46. The van der Waals surface area contributed by atoms with Crippen molar-refractivity contribution in [3.63, 3.8) is 0 Å². The lowest BCUT2D eigenvalue weighted by atomic mass is 10.2. The molecule has 1 amide bonds. The van der Waals surface area contributed by atoms with Crippen molar-refractivity contribution in [3.05, 3.63) is 33.8 Å². The quantitative estimate of drug-likeness (QED) is 0.888. The third kappa shape index (κ3) is 3.38. The van der Waals surface area contributed by atoms with E-state index in [1.54, 1.807) is 25.2 Å². The molecule has 0 aliphatic carbocycles. The van der Waals surface area contributed by atoms with E-state index < -0.39 is 0 Å². The molecule has 0 aliphatic heterocycles. The summed E-state index contributed by atoms with van der Waals surface area (Å²) < 4.78 is 0. The molecule has 15 heavy (non-hydrogen) atoms. The number of carbonyl (C=O) groups excluding carboxylic acids is 1. The first-order chi connectivity index (χ1) is 7.04. The van der Waals surface area contributed by atoms with Gasteiger partial charge in [-0.3, -0.25) is 4.79 Å². The van der Waals surface area contributed by atoms with Crippen LogP contribution >= 0.6 is 23.2 Å². The molecule has 1 aromatic rings. The third-order valence-electron chi connectivity index (χ3n) is 1.92. The summed E-state index contributed by atoms with van der Waals surface area (Å²) >= 11 is 11.6. The van der Waals surface area contributed by atoms with Crippen molar-refractivity contribution in [2.24, 2.45) is 5.73 Å². The van der Waals surface area contributed by atoms with Crippen molar-refractivity contribution >= 4 is 29.1 Å². The molecule has 0 aromatic heterocycles. The van der Waals surface area contributed by atoms with E-state index in [1.807, 2.05) is 0 Å². The van der Waals surface area contributed by atoms with Crippen molar-refractivity contribution in [2.75, 3.05) is 20.1 Å². The number of carbonyl (C=O) groups is 1. The van der Waals surface area contributed by atoms with Gasteiger partial charge in [0.15, 0.2) is 0 Å². The first-order valence-corrected chi connectivity index (χ1v) is 5.22. The summed E-state index contributed by atoms with van der Waals surface area (Å²) in [5, 5.41) is 0.902. The molecule has 5 heteroatoms. The lowest BCUT2D eigenvalue weighted by Crippen LogP contribution is -2.31. The average Bonchev–Trinajstić information content (AvgIpc) is 2.15. The van der Waals surface area contributed by atoms with Gasteiger partial charge in [0, 0.05) is 35.7 Å². The molecule has 82 valence electrons. The molecule has 1 aromatic carbocycles. The summed E-state index contributed by atoms with van der Waals surface area (Å²) in [6.07, 6.45) is 0. The van der Waals surface area contributed by atoms with Crippen molar-refractivity contribution in [2.45, 2.75) is 0 Å². The van der Waals surface area contributed by atoms with E-state index in [1.165, 1.54) is 4.90 Å². The van der Waals surface area contributed by atoms with Crippen LogP contribution in [0.2, 0.25) is 10.0 Å². The van der Waals surface area contributed by atoms with Gasteiger partial charge in [0.05, 0.1) is 0 Å². The second kappa shape index (κ2) is 5.35. The maximum atomic E-state index is 11.8. The number of nitrogens with zero attached hydrogens (tertiary/aromatic N) is 1. The van der Waals surface area contributed by atoms with E-state index in [2.05, 4.69) is 0 Å². The molecule has 0 heterocycles. The SMILES string of the molecule is CN(CCN)C(=O)c1cc(Cl)cc(Cl)c1. The Morgan fingerprint density at radius 1 is 1.33 bits per heavy atom. The minimum absolute atomic E-state index is 0.134. The number of hydrogen-bond acceptors (Lipinski definition) is 2. The summed E-state index contributed by atoms with van der Waals surface area (Å²) in [7, 11) is 1.68. The Labute approximate surface area is 98.8 Å². The van der Waals surface area contributed by atoms with Crippen LogP contribution in [-0.2, 0) is 0 Å². The Morgan fingerprint density at radius 3 is 2.33 bits per heavy atom. The molecular formula is C10H12Cl2N2O. The van der Waals surface area contributed by atoms with E-state index in [0.29, 0.717) is 28.7 Å². The molecular weight excluding hydrogens is 235 g/mol. The lowest BCUT2D eigenvalue weighted by molar-refractivity contribution is 0.0799. The number of amides is 1. The van der Waals surface area contributed by atoms with Gasteiger partial charge in [-0.05, 0) is 18.2 Å². The van der Waals surface area contributed by atoms with Crippen LogP contribution in [0.5, 0.6) is 0 Å². The van der Waals surface area contributed by atoms with Crippen LogP contribution in [0.3, 0.4) is 0 Å². The monoisotopic (exact) mass is 246 g/mol. The summed E-state index contributed by atoms with van der Waals surface area (Å²) in [5.74, 6) is -0.134. The maximum absolute atomic E-state index is 11.8. The number of rotatable bonds is 3. The van der Waals surface area contributed by atoms with Gasteiger partial charge in [-0.1, -0.05) is 23.2 Å². The van der Waals surface area contributed by atoms with Crippen LogP contribution in [0.25, 0.3) is 0 Å². The first kappa shape index (κ1) is 12.3. The van der Waals surface area contributed by atoms with Crippen LogP contribution in [0.1, 0.15) is 10.4 Å². The fraction of sp³-hybridized carbons (Fsp3) is 0.300. The van der Waals surface area contributed by atoms with Gasteiger partial charge >= 0.3 is 0 Å². The Bertz CT molecular complexity index is 348. The average molecular weight is 247 g/mol. The van der Waals surface area contributed by atoms with Gasteiger partial charge in [0.2, 0.25) is 0 Å². The van der Waals surface area contributed by atoms with E-state index in [-0.39, 0.29) is 5.91 Å². The van der Waals surface area contributed by atoms with Gasteiger partial charge in [0.1, 0.15) is 0 Å². The number of halogens is 2. The zero-order valence-corrected chi connectivity index (χ0v) is 9.85. The molecule has 0 atom stereocenters. The smallest absolute Gasteiger partial charge is 0.253 e. The second-order valence-electron chi connectivity index (χ2n) is 3.17. The zero-order chi connectivity index (χ0) is 11.4. The molecule has 3 nitrogen and oxygen atoms in total. The molecule has 0 saturated heterocycles. The summed E-state index contributed by atoms with van der Waals surface area (Å²) in [4.78, 5) is 13.3. The van der Waals surface area contributed by atoms with Crippen molar-refractivity contribution in [3.8, 4) is 0 Å². The van der Waals surface area contributed by atoms with E-state index in [4.69, 9.17) is 28.9 Å². The van der Waals surface area contributed by atoms with Crippen LogP contribution in [0, 0.1) is 0 Å². The molecule has 0 spiro atoms. The highest BCUT2D eigenvalue weighted by atomic mass is 35.5. The number of nitrogens with two attached hydrogens (primary N) is 1. The Hall–Kier alpha value is -0.770. The van der Waals surface area contributed by atoms with Crippen LogP contribution in [-0.4, -0.2) is 30.9 Å². The fourth-order valence-electron chi connectivity index (χ4n) is 1.19. The number of hydrogen-bond donors (Lipinski definition) is 1. The van der Waals surface area contributed by atoms with E-state index in [9.17, 15) is 4.79 Å². The Morgan fingerprint density at radius 2 is 1.87 bits per heavy atom. The molecule has 0 unspecified atom stereocenters. The van der Waals surface area contributed by atoms with Crippen LogP contribution in [0.15, 0.2) is 18.2 Å². The standard InChI is InChI=1S/C10H12Cl2N2O/c1-14(3-2-13)10(15)7-4-8(11)6-9(12)5-7/h4-6H,2-3,13H2,1H3. The number of benzene rings is 1. The Kier molecular flexibility index (Phi) is 4.39. The molecule has 2 N–H and O–H groups in total. The van der Waals surface area contributed by atoms with Gasteiger partial charge in [-0.25, -0.2) is 0 Å². The van der Waals surface area contributed by atoms with Gasteiger partial charge in [0.25, 0.3) is 5.91 Å². The molecule has 0 saturated carbocycles. The largest absolute Gasteiger partial charge is 0.340 e. The van der Waals surface area contributed by atoms with E-state index in [0.717, 1.165) is 0 Å². The predicted molar refractivity (Wildman–Crippen MR) is 62.5 cm³/mol. The van der Waals surface area contributed by atoms with Gasteiger partial charge in [-0.15, -0.1) is 0 Å². The fourth-order valence-corrected chi connectivity index (χ4v) is 1.72. The predicted octanol–water partition coefficient (Wildman–Crippen LogP) is 2.02. The highest BCUT2D eigenvalue weighted by Crippen LogP contribution is 2.19. The highest BCUT2D eigenvalue weighted by Gasteiger charge is 2.11. The Balaban J connectivity index is 2.90. The van der Waals surface area contributed by atoms with Crippen molar-refractivity contribution in [1.29, 1.82) is 0 Å². The molecule has 0 fully saturated rings. The second-order valence-corrected chi connectivity index (χ2v) is 4.05. The minimum Gasteiger partial charge on any atom is -0.340 e. The van der Waals surface area contributed by atoms with Gasteiger partial charge < -0.3 is 10.6 Å². The van der Waals surface area contributed by atoms with Crippen molar-refractivity contribution < 1.29 is 4.79 Å². The van der Waals surface area contributed by atoms with Gasteiger partial charge in [-0.2, -0.15) is 0 Å². The van der Waals surface area contributed by atoms with Crippen molar-refractivity contribution in [1.82, 2.24) is 4.90 Å². The van der Waals surface area contributed by atoms with Crippen LogP contribution < -0.4 is 5.73 Å². The normalized spacial score (nSPS) is 10.1. The summed E-state index contributed by atoms with van der Waals surface area (Å²) in [6.45, 7) is 0.930.